The maximum atomic E-state index is 5.80. The van der Waals surface area contributed by atoms with E-state index in [0.29, 0.717) is 12.2 Å². The Morgan fingerprint density at radius 3 is 2.55 bits per heavy atom. The Morgan fingerprint density at radius 1 is 1.25 bits per heavy atom. The van der Waals surface area contributed by atoms with Gasteiger partial charge in [-0.2, -0.15) is 0 Å². The lowest BCUT2D eigenvalue weighted by Gasteiger charge is -2.37. The number of hydrogen-bond acceptors (Lipinski definition) is 3. The zero-order valence-electron chi connectivity index (χ0n) is 12.2. The molecule has 1 N–H and O–H groups in total. The predicted octanol–water partition coefficient (Wildman–Crippen LogP) is 3.31. The lowest BCUT2D eigenvalue weighted by atomic mass is 10.1. The van der Waals surface area contributed by atoms with Gasteiger partial charge in [0.2, 0.25) is 0 Å². The second kappa shape index (κ2) is 6.04. The van der Waals surface area contributed by atoms with Crippen LogP contribution in [0.3, 0.4) is 0 Å². The van der Waals surface area contributed by atoms with E-state index in [1.165, 1.54) is 28.6 Å². The highest BCUT2D eigenvalue weighted by molar-refractivity contribution is 9.10. The second-order valence-electron chi connectivity index (χ2n) is 6.09. The standard InChI is InChI=1S/C16H23BrN2O/c1-11-9-19(10-12(2)20-11)15-6-3-13(16(17)7-15)8-18-14-4-5-14/h3,6-7,11-12,14,18H,4-5,8-10H2,1-2H3. The molecule has 4 heteroatoms. The summed E-state index contributed by atoms with van der Waals surface area (Å²) in [7, 11) is 0. The summed E-state index contributed by atoms with van der Waals surface area (Å²) in [6.07, 6.45) is 3.26. The van der Waals surface area contributed by atoms with Gasteiger partial charge < -0.3 is 15.0 Å². The van der Waals surface area contributed by atoms with E-state index < -0.39 is 0 Å². The van der Waals surface area contributed by atoms with Crippen LogP contribution in [0.25, 0.3) is 0 Å². The van der Waals surface area contributed by atoms with Crippen LogP contribution in [0.4, 0.5) is 5.69 Å². The minimum Gasteiger partial charge on any atom is -0.372 e. The number of rotatable bonds is 4. The molecule has 1 aliphatic heterocycles. The minimum atomic E-state index is 0.300. The minimum absolute atomic E-state index is 0.300. The molecule has 1 aliphatic carbocycles. The number of halogens is 1. The van der Waals surface area contributed by atoms with E-state index in [0.717, 1.165) is 25.7 Å². The average Bonchev–Trinajstić information content (AvgIpc) is 3.20. The zero-order valence-corrected chi connectivity index (χ0v) is 13.8. The van der Waals surface area contributed by atoms with Crippen molar-refractivity contribution in [2.45, 2.75) is 51.5 Å². The number of hydrogen-bond donors (Lipinski definition) is 1. The Kier molecular flexibility index (Phi) is 4.34. The van der Waals surface area contributed by atoms with Crippen molar-refractivity contribution in [1.82, 2.24) is 5.32 Å². The molecule has 1 heterocycles. The summed E-state index contributed by atoms with van der Waals surface area (Å²) >= 11 is 3.72. The van der Waals surface area contributed by atoms with Gasteiger partial charge in [-0.1, -0.05) is 22.0 Å². The third-order valence-electron chi connectivity index (χ3n) is 3.98. The summed E-state index contributed by atoms with van der Waals surface area (Å²) in [4.78, 5) is 2.42. The van der Waals surface area contributed by atoms with Gasteiger partial charge in [-0.3, -0.25) is 0 Å². The number of nitrogens with zero attached hydrogens (tertiary/aromatic N) is 1. The highest BCUT2D eigenvalue weighted by atomic mass is 79.9. The number of morpholine rings is 1. The first-order valence-electron chi connectivity index (χ1n) is 7.54. The quantitative estimate of drug-likeness (QED) is 0.911. The number of nitrogens with one attached hydrogen (secondary N) is 1. The predicted molar refractivity (Wildman–Crippen MR) is 86.2 cm³/mol. The molecule has 3 rings (SSSR count). The molecule has 110 valence electrons. The van der Waals surface area contributed by atoms with Crippen LogP contribution >= 0.6 is 15.9 Å². The maximum absolute atomic E-state index is 5.80. The molecule has 2 unspecified atom stereocenters. The smallest absolute Gasteiger partial charge is 0.0726 e. The van der Waals surface area contributed by atoms with Crippen LogP contribution < -0.4 is 10.2 Å². The topological polar surface area (TPSA) is 24.5 Å². The molecule has 0 amide bonds. The summed E-state index contributed by atoms with van der Waals surface area (Å²) in [6, 6.07) is 7.47. The Labute approximate surface area is 129 Å². The molecule has 3 nitrogen and oxygen atoms in total. The SMILES string of the molecule is CC1CN(c2ccc(CNC3CC3)c(Br)c2)CC(C)O1. The first kappa shape index (κ1) is 14.4. The van der Waals surface area contributed by atoms with Crippen molar-refractivity contribution in [3.8, 4) is 0 Å². The molecule has 1 saturated carbocycles. The van der Waals surface area contributed by atoms with Gasteiger partial charge >= 0.3 is 0 Å². The maximum Gasteiger partial charge on any atom is 0.0726 e. The van der Waals surface area contributed by atoms with Crippen LogP contribution in [-0.2, 0) is 11.3 Å². The summed E-state index contributed by atoms with van der Waals surface area (Å²) in [5.74, 6) is 0. The van der Waals surface area contributed by atoms with Crippen LogP contribution in [0, 0.1) is 0 Å². The molecule has 0 spiro atoms. The molecule has 0 radical (unpaired) electrons. The Bertz CT molecular complexity index is 466. The second-order valence-corrected chi connectivity index (χ2v) is 6.95. The van der Waals surface area contributed by atoms with Gasteiger partial charge in [0.1, 0.15) is 0 Å². The molecule has 2 fully saturated rings. The molecule has 1 aromatic rings. The molecule has 1 aromatic carbocycles. The van der Waals surface area contributed by atoms with E-state index in [1.807, 2.05) is 0 Å². The van der Waals surface area contributed by atoms with Gasteiger partial charge in [0.15, 0.2) is 0 Å². The summed E-state index contributed by atoms with van der Waals surface area (Å²) < 4.78 is 7.00. The van der Waals surface area contributed by atoms with E-state index in [1.54, 1.807) is 0 Å². The average molecular weight is 339 g/mol. The molecular formula is C16H23BrN2O. The third kappa shape index (κ3) is 3.54. The van der Waals surface area contributed by atoms with Crippen molar-refractivity contribution < 1.29 is 4.74 Å². The van der Waals surface area contributed by atoms with Crippen molar-refractivity contribution in [1.29, 1.82) is 0 Å². The highest BCUT2D eigenvalue weighted by Crippen LogP contribution is 2.27. The molecular weight excluding hydrogens is 316 g/mol. The molecule has 20 heavy (non-hydrogen) atoms. The van der Waals surface area contributed by atoms with E-state index in [9.17, 15) is 0 Å². The van der Waals surface area contributed by atoms with Gasteiger partial charge in [-0.15, -0.1) is 0 Å². The van der Waals surface area contributed by atoms with Crippen molar-refractivity contribution in [2.24, 2.45) is 0 Å². The fraction of sp³-hybridized carbons (Fsp3) is 0.625. The summed E-state index contributed by atoms with van der Waals surface area (Å²) in [5, 5.41) is 3.56. The van der Waals surface area contributed by atoms with Crippen LogP contribution in [0.2, 0.25) is 0 Å². The Morgan fingerprint density at radius 2 is 1.95 bits per heavy atom. The first-order chi connectivity index (χ1) is 9.61. The fourth-order valence-corrected chi connectivity index (χ4v) is 3.31. The van der Waals surface area contributed by atoms with Crippen molar-refractivity contribution in [3.05, 3.63) is 28.2 Å². The Balaban J connectivity index is 1.68. The number of ether oxygens (including phenoxy) is 1. The fourth-order valence-electron chi connectivity index (χ4n) is 2.81. The van der Waals surface area contributed by atoms with E-state index in [-0.39, 0.29) is 0 Å². The zero-order chi connectivity index (χ0) is 14.1. The van der Waals surface area contributed by atoms with Crippen molar-refractivity contribution >= 4 is 21.6 Å². The van der Waals surface area contributed by atoms with Crippen LogP contribution in [0.1, 0.15) is 32.3 Å². The monoisotopic (exact) mass is 338 g/mol. The molecule has 0 bridgehead atoms. The number of anilines is 1. The van der Waals surface area contributed by atoms with Gasteiger partial charge in [0.25, 0.3) is 0 Å². The summed E-state index contributed by atoms with van der Waals surface area (Å²) in [5.41, 5.74) is 2.63. The van der Waals surface area contributed by atoms with Gasteiger partial charge in [0, 0.05) is 35.8 Å². The largest absolute Gasteiger partial charge is 0.372 e. The molecule has 2 atom stereocenters. The van der Waals surface area contributed by atoms with Crippen LogP contribution in [-0.4, -0.2) is 31.3 Å². The third-order valence-corrected chi connectivity index (χ3v) is 4.72. The lowest BCUT2D eigenvalue weighted by molar-refractivity contribution is -0.00522. The van der Waals surface area contributed by atoms with Crippen molar-refractivity contribution in [3.63, 3.8) is 0 Å². The van der Waals surface area contributed by atoms with E-state index >= 15 is 0 Å². The van der Waals surface area contributed by atoms with Gasteiger partial charge in [-0.05, 0) is 44.4 Å². The van der Waals surface area contributed by atoms with Crippen LogP contribution in [0.15, 0.2) is 22.7 Å². The van der Waals surface area contributed by atoms with E-state index in [4.69, 9.17) is 4.74 Å². The molecule has 2 aliphatic rings. The Hall–Kier alpha value is -0.580. The number of benzene rings is 1. The normalized spacial score (nSPS) is 26.9. The molecule has 1 saturated heterocycles. The van der Waals surface area contributed by atoms with Crippen molar-refractivity contribution in [2.75, 3.05) is 18.0 Å². The van der Waals surface area contributed by atoms with Crippen LogP contribution in [0.5, 0.6) is 0 Å². The first-order valence-corrected chi connectivity index (χ1v) is 8.33. The molecule has 0 aromatic heterocycles. The lowest BCUT2D eigenvalue weighted by Crippen LogP contribution is -2.45. The van der Waals surface area contributed by atoms with Gasteiger partial charge in [-0.25, -0.2) is 0 Å². The van der Waals surface area contributed by atoms with E-state index in [2.05, 4.69) is 58.2 Å². The van der Waals surface area contributed by atoms with Gasteiger partial charge in [0.05, 0.1) is 12.2 Å². The highest BCUT2D eigenvalue weighted by Gasteiger charge is 2.23. The summed E-state index contributed by atoms with van der Waals surface area (Å²) in [6.45, 7) is 7.19.